The summed E-state index contributed by atoms with van der Waals surface area (Å²) in [6.45, 7) is 3.70. The molecule has 1 rings (SSSR count). The Kier molecular flexibility index (Phi) is 1.05. The van der Waals surface area contributed by atoms with Gasteiger partial charge in [0.1, 0.15) is 6.10 Å². The lowest BCUT2D eigenvalue weighted by Crippen LogP contribution is -2.09. The molecule has 1 fully saturated rings. The van der Waals surface area contributed by atoms with Crippen molar-refractivity contribution in [2.75, 3.05) is 0 Å². The molecule has 0 spiro atoms. The standard InChI is InChI=1S/C5H10O2/c1-3(6)5-4(2)7-5/h3-6H,1-2H3/t3-,4-,5-/m1/s1. The fourth-order valence-corrected chi connectivity index (χ4v) is 0.708. The zero-order valence-corrected chi connectivity index (χ0v) is 4.59. The third-order valence-electron chi connectivity index (χ3n) is 1.23. The lowest BCUT2D eigenvalue weighted by atomic mass is 10.2. The lowest BCUT2D eigenvalue weighted by molar-refractivity contribution is 0.152. The summed E-state index contributed by atoms with van der Waals surface area (Å²) >= 11 is 0. The molecule has 0 aromatic rings. The summed E-state index contributed by atoms with van der Waals surface area (Å²) in [6.07, 6.45) is 0.134. The van der Waals surface area contributed by atoms with Crippen molar-refractivity contribution in [2.24, 2.45) is 0 Å². The van der Waals surface area contributed by atoms with Crippen LogP contribution in [0.3, 0.4) is 0 Å². The molecule has 0 bridgehead atoms. The Morgan fingerprint density at radius 1 is 1.71 bits per heavy atom. The van der Waals surface area contributed by atoms with Crippen LogP contribution in [-0.4, -0.2) is 23.4 Å². The molecule has 42 valence electrons. The van der Waals surface area contributed by atoms with Gasteiger partial charge in [-0.05, 0) is 13.8 Å². The number of hydrogen-bond donors (Lipinski definition) is 1. The summed E-state index contributed by atoms with van der Waals surface area (Å²) in [6, 6.07) is 0. The van der Waals surface area contributed by atoms with Crippen molar-refractivity contribution in [3.05, 3.63) is 0 Å². The Balaban J connectivity index is 2.20. The molecule has 7 heavy (non-hydrogen) atoms. The topological polar surface area (TPSA) is 32.8 Å². The van der Waals surface area contributed by atoms with Gasteiger partial charge in [0.2, 0.25) is 0 Å². The first-order valence-corrected chi connectivity index (χ1v) is 2.55. The minimum Gasteiger partial charge on any atom is -0.391 e. The van der Waals surface area contributed by atoms with Gasteiger partial charge in [0.15, 0.2) is 0 Å². The van der Waals surface area contributed by atoms with Crippen LogP contribution in [0.15, 0.2) is 0 Å². The van der Waals surface area contributed by atoms with Crippen molar-refractivity contribution < 1.29 is 9.84 Å². The van der Waals surface area contributed by atoms with Crippen LogP contribution in [0, 0.1) is 0 Å². The van der Waals surface area contributed by atoms with E-state index in [0.717, 1.165) is 0 Å². The zero-order chi connectivity index (χ0) is 5.44. The maximum Gasteiger partial charge on any atom is 0.109 e. The molecule has 0 radical (unpaired) electrons. The number of epoxide rings is 1. The van der Waals surface area contributed by atoms with E-state index in [9.17, 15) is 0 Å². The highest BCUT2D eigenvalue weighted by Crippen LogP contribution is 2.23. The molecule has 1 saturated heterocycles. The van der Waals surface area contributed by atoms with Crippen molar-refractivity contribution in [3.8, 4) is 0 Å². The summed E-state index contributed by atoms with van der Waals surface area (Å²) in [7, 11) is 0. The second-order valence-corrected chi connectivity index (χ2v) is 2.05. The molecule has 1 aliphatic heterocycles. The largest absolute Gasteiger partial charge is 0.391 e. The van der Waals surface area contributed by atoms with Crippen LogP contribution < -0.4 is 0 Å². The lowest BCUT2D eigenvalue weighted by Gasteiger charge is -1.92. The Morgan fingerprint density at radius 3 is 2.14 bits per heavy atom. The minimum absolute atomic E-state index is 0.125. The number of rotatable bonds is 1. The van der Waals surface area contributed by atoms with E-state index in [2.05, 4.69) is 0 Å². The molecule has 1 N–H and O–H groups in total. The number of hydrogen-bond acceptors (Lipinski definition) is 2. The van der Waals surface area contributed by atoms with Crippen LogP contribution in [0.25, 0.3) is 0 Å². The fourth-order valence-electron chi connectivity index (χ4n) is 0.708. The van der Waals surface area contributed by atoms with Gasteiger partial charge in [0.25, 0.3) is 0 Å². The van der Waals surface area contributed by atoms with Crippen LogP contribution in [0.1, 0.15) is 13.8 Å². The van der Waals surface area contributed by atoms with Gasteiger partial charge in [-0.15, -0.1) is 0 Å². The minimum atomic E-state index is -0.282. The molecule has 2 nitrogen and oxygen atoms in total. The first kappa shape index (κ1) is 5.06. The molecule has 0 aromatic heterocycles. The highest BCUT2D eigenvalue weighted by Gasteiger charge is 2.37. The molecule has 3 atom stereocenters. The second kappa shape index (κ2) is 1.46. The highest BCUT2D eigenvalue weighted by molar-refractivity contribution is 4.84. The molecule has 0 saturated carbocycles. The van der Waals surface area contributed by atoms with Crippen molar-refractivity contribution in [2.45, 2.75) is 32.2 Å². The molecule has 0 aromatic carbocycles. The van der Waals surface area contributed by atoms with E-state index in [1.165, 1.54) is 0 Å². The van der Waals surface area contributed by atoms with E-state index < -0.39 is 0 Å². The van der Waals surface area contributed by atoms with Gasteiger partial charge in [-0.1, -0.05) is 0 Å². The molecule has 2 heteroatoms. The second-order valence-electron chi connectivity index (χ2n) is 2.05. The summed E-state index contributed by atoms with van der Waals surface area (Å²) in [5.74, 6) is 0. The third-order valence-corrected chi connectivity index (χ3v) is 1.23. The smallest absolute Gasteiger partial charge is 0.109 e. The Bertz CT molecular complexity index is 70.5. The monoisotopic (exact) mass is 102 g/mol. The average Bonchev–Trinajstić information content (AvgIpc) is 2.17. The van der Waals surface area contributed by atoms with Gasteiger partial charge >= 0.3 is 0 Å². The van der Waals surface area contributed by atoms with Crippen LogP contribution in [0.2, 0.25) is 0 Å². The Labute approximate surface area is 43.1 Å². The summed E-state index contributed by atoms with van der Waals surface area (Å²) in [5, 5.41) is 8.74. The summed E-state index contributed by atoms with van der Waals surface area (Å²) < 4.78 is 4.93. The van der Waals surface area contributed by atoms with E-state index >= 15 is 0 Å². The first-order chi connectivity index (χ1) is 3.22. The first-order valence-electron chi connectivity index (χ1n) is 2.55. The SMILES string of the molecule is C[C@@H](O)[C@H]1O[C@@H]1C. The highest BCUT2D eigenvalue weighted by atomic mass is 16.6. The van der Waals surface area contributed by atoms with Crippen molar-refractivity contribution >= 4 is 0 Å². The Hall–Kier alpha value is -0.0800. The predicted octanol–water partition coefficient (Wildman–Crippen LogP) is 0.155. The molecule has 0 amide bonds. The quantitative estimate of drug-likeness (QED) is 0.478. The van der Waals surface area contributed by atoms with Gasteiger partial charge in [-0.2, -0.15) is 0 Å². The Morgan fingerprint density at radius 2 is 2.14 bits per heavy atom. The summed E-state index contributed by atoms with van der Waals surface area (Å²) in [4.78, 5) is 0. The van der Waals surface area contributed by atoms with Gasteiger partial charge in [0, 0.05) is 0 Å². The van der Waals surface area contributed by atoms with Crippen molar-refractivity contribution in [1.82, 2.24) is 0 Å². The normalized spacial score (nSPS) is 43.3. The van der Waals surface area contributed by atoms with Gasteiger partial charge in [0.05, 0.1) is 12.2 Å². The molecule has 0 aliphatic carbocycles. The fraction of sp³-hybridized carbons (Fsp3) is 1.00. The number of ether oxygens (including phenoxy) is 1. The maximum atomic E-state index is 8.74. The molecular formula is C5H10O2. The van der Waals surface area contributed by atoms with Gasteiger partial charge in [-0.3, -0.25) is 0 Å². The van der Waals surface area contributed by atoms with Crippen molar-refractivity contribution in [1.29, 1.82) is 0 Å². The zero-order valence-electron chi connectivity index (χ0n) is 4.59. The van der Waals surface area contributed by atoms with Crippen LogP contribution >= 0.6 is 0 Å². The van der Waals surface area contributed by atoms with Crippen molar-refractivity contribution in [3.63, 3.8) is 0 Å². The van der Waals surface area contributed by atoms with Crippen LogP contribution in [0.5, 0.6) is 0 Å². The average molecular weight is 102 g/mol. The van der Waals surface area contributed by atoms with E-state index in [-0.39, 0.29) is 12.2 Å². The van der Waals surface area contributed by atoms with Crippen LogP contribution in [0.4, 0.5) is 0 Å². The molecular weight excluding hydrogens is 92.1 g/mol. The van der Waals surface area contributed by atoms with E-state index in [0.29, 0.717) is 6.10 Å². The van der Waals surface area contributed by atoms with E-state index in [4.69, 9.17) is 9.84 Å². The van der Waals surface area contributed by atoms with E-state index in [1.54, 1.807) is 6.92 Å². The predicted molar refractivity (Wildman–Crippen MR) is 26.0 cm³/mol. The molecule has 1 heterocycles. The van der Waals surface area contributed by atoms with Gasteiger partial charge < -0.3 is 9.84 Å². The number of aliphatic hydroxyl groups is 1. The van der Waals surface area contributed by atoms with Crippen LogP contribution in [-0.2, 0) is 4.74 Å². The third kappa shape index (κ3) is 0.924. The maximum absolute atomic E-state index is 8.74. The van der Waals surface area contributed by atoms with Gasteiger partial charge in [-0.25, -0.2) is 0 Å². The van der Waals surface area contributed by atoms with E-state index in [1.807, 2.05) is 6.92 Å². The number of aliphatic hydroxyl groups excluding tert-OH is 1. The molecule has 0 unspecified atom stereocenters. The molecule has 1 aliphatic rings. The summed E-state index contributed by atoms with van der Waals surface area (Å²) in [5.41, 5.74) is 0.